The summed E-state index contributed by atoms with van der Waals surface area (Å²) in [5, 5.41) is 0. The van der Waals surface area contributed by atoms with E-state index in [2.05, 4.69) is 18.2 Å². The normalized spacial score (nSPS) is 28.1. The summed E-state index contributed by atoms with van der Waals surface area (Å²) in [6.07, 6.45) is 19.9. The average molecular weight is 655 g/mol. The third-order valence-electron chi connectivity index (χ3n) is 9.22. The Bertz CT molecular complexity index is 1130. The Morgan fingerprint density at radius 2 is 1.49 bits per heavy atom. The third-order valence-corrected chi connectivity index (χ3v) is 9.22. The molecule has 0 N–H and O–H groups in total. The van der Waals surface area contributed by atoms with E-state index in [9.17, 15) is 4.79 Å². The van der Waals surface area contributed by atoms with E-state index in [1.165, 1.54) is 26.4 Å². The van der Waals surface area contributed by atoms with Gasteiger partial charge in [0, 0.05) is 19.4 Å². The van der Waals surface area contributed by atoms with E-state index in [0.29, 0.717) is 51.1 Å². The van der Waals surface area contributed by atoms with Gasteiger partial charge in [0.1, 0.15) is 11.9 Å². The van der Waals surface area contributed by atoms with Crippen LogP contribution in [0.1, 0.15) is 89.9 Å². The lowest BCUT2D eigenvalue weighted by Gasteiger charge is -2.32. The van der Waals surface area contributed by atoms with E-state index in [1.807, 2.05) is 36.4 Å². The first-order valence-corrected chi connectivity index (χ1v) is 17.9. The first kappa shape index (κ1) is 35.5. The lowest BCUT2D eigenvalue weighted by atomic mass is 9.92. The molecule has 0 spiro atoms. The molecule has 3 heterocycles. The summed E-state index contributed by atoms with van der Waals surface area (Å²) in [6.45, 7) is 2.47. The number of benzene rings is 1. The van der Waals surface area contributed by atoms with Gasteiger partial charge in [0.25, 0.3) is 0 Å². The van der Waals surface area contributed by atoms with Crippen LogP contribution in [0.4, 0.5) is 0 Å². The van der Waals surface area contributed by atoms with Gasteiger partial charge in [-0.15, -0.1) is 0 Å². The Hall–Kier alpha value is -2.85. The summed E-state index contributed by atoms with van der Waals surface area (Å²) in [5.74, 6) is 1.53. The lowest BCUT2D eigenvalue weighted by Crippen LogP contribution is -2.34. The van der Waals surface area contributed by atoms with Crippen molar-refractivity contribution in [2.75, 3.05) is 33.5 Å². The molecule has 3 aliphatic heterocycles. The molecule has 0 amide bonds. The Kier molecular flexibility index (Phi) is 15.0. The van der Waals surface area contributed by atoms with Crippen molar-refractivity contribution in [3.8, 4) is 5.75 Å². The number of hydrogen-bond donors (Lipinski definition) is 0. The molecule has 9 nitrogen and oxygen atoms in total. The van der Waals surface area contributed by atoms with Crippen LogP contribution < -0.4 is 4.74 Å². The molecule has 3 saturated heterocycles. The van der Waals surface area contributed by atoms with Crippen molar-refractivity contribution in [2.24, 2.45) is 11.8 Å². The number of methoxy groups -OCH3 is 1. The zero-order valence-electron chi connectivity index (χ0n) is 28.1. The highest BCUT2D eigenvalue weighted by molar-refractivity contribution is 5.87. The highest BCUT2D eigenvalue weighted by Gasteiger charge is 2.34. The maximum Gasteiger partial charge on any atom is 0.377 e. The van der Waals surface area contributed by atoms with E-state index in [4.69, 9.17) is 37.9 Å². The van der Waals surface area contributed by atoms with Gasteiger partial charge in [0.2, 0.25) is 5.76 Å². The molecule has 1 saturated carbocycles. The van der Waals surface area contributed by atoms with Gasteiger partial charge < -0.3 is 37.9 Å². The predicted octanol–water partition coefficient (Wildman–Crippen LogP) is 7.76. The number of carbonyl (C=O) groups excluding carboxylic acids is 1. The van der Waals surface area contributed by atoms with Crippen LogP contribution in [-0.2, 0) is 38.0 Å². The Morgan fingerprint density at radius 1 is 0.809 bits per heavy atom. The maximum absolute atomic E-state index is 13.3. The Labute approximate surface area is 280 Å². The first-order valence-electron chi connectivity index (χ1n) is 17.9. The molecule has 5 rings (SSSR count). The van der Waals surface area contributed by atoms with Crippen LogP contribution >= 0.6 is 0 Å². The molecule has 1 aromatic carbocycles. The number of para-hydroxylation sites is 1. The van der Waals surface area contributed by atoms with Gasteiger partial charge in [0.05, 0.1) is 26.9 Å². The van der Waals surface area contributed by atoms with E-state index < -0.39 is 30.9 Å². The minimum atomic E-state index is -0.730. The molecule has 1 aliphatic carbocycles. The summed E-state index contributed by atoms with van der Waals surface area (Å²) in [5.41, 5.74) is 0. The predicted molar refractivity (Wildman–Crippen MR) is 177 cm³/mol. The van der Waals surface area contributed by atoms with Crippen molar-refractivity contribution in [1.29, 1.82) is 0 Å². The molecule has 0 aromatic heterocycles. The summed E-state index contributed by atoms with van der Waals surface area (Å²) in [7, 11) is 1.35. The quantitative estimate of drug-likeness (QED) is 0.0583. The number of allylic oxidation sites excluding steroid dienone is 2. The van der Waals surface area contributed by atoms with Crippen LogP contribution in [0.2, 0.25) is 0 Å². The van der Waals surface area contributed by atoms with Gasteiger partial charge in [-0.2, -0.15) is 0 Å². The zero-order chi connectivity index (χ0) is 32.5. The topological polar surface area (TPSA) is 90.9 Å². The highest BCUT2D eigenvalue weighted by Crippen LogP contribution is 2.36. The number of hydrogen-bond acceptors (Lipinski definition) is 9. The molecule has 6 atom stereocenters. The summed E-state index contributed by atoms with van der Waals surface area (Å²) >= 11 is 0. The van der Waals surface area contributed by atoms with Gasteiger partial charge in [-0.05, 0) is 94.6 Å². The van der Waals surface area contributed by atoms with E-state index in [0.717, 1.165) is 63.5 Å². The molecule has 0 radical (unpaired) electrons. The monoisotopic (exact) mass is 654 g/mol. The van der Waals surface area contributed by atoms with Crippen LogP contribution in [-0.4, -0.2) is 64.5 Å². The highest BCUT2D eigenvalue weighted by atomic mass is 16.7. The fourth-order valence-corrected chi connectivity index (χ4v) is 6.63. The fraction of sp³-hybridized carbons (Fsp3) is 0.658. The minimum Gasteiger partial charge on any atom is -0.493 e. The third kappa shape index (κ3) is 11.7. The number of esters is 1. The second kappa shape index (κ2) is 19.8. The van der Waals surface area contributed by atoms with Crippen LogP contribution in [0.15, 0.2) is 66.2 Å². The summed E-state index contributed by atoms with van der Waals surface area (Å²) in [4.78, 5) is 13.3. The summed E-state index contributed by atoms with van der Waals surface area (Å²) < 4.78 is 48.2. The number of rotatable bonds is 16. The minimum absolute atomic E-state index is 0.0292. The number of carbonyl (C=O) groups is 1. The van der Waals surface area contributed by atoms with Crippen LogP contribution in [0, 0.1) is 11.8 Å². The molecule has 260 valence electrons. The van der Waals surface area contributed by atoms with Gasteiger partial charge in [-0.1, -0.05) is 48.9 Å². The number of ether oxygens (including phenoxy) is 8. The fourth-order valence-electron chi connectivity index (χ4n) is 6.63. The second-order valence-electron chi connectivity index (χ2n) is 12.8. The van der Waals surface area contributed by atoms with Gasteiger partial charge in [-0.25, -0.2) is 4.79 Å². The van der Waals surface area contributed by atoms with Crippen molar-refractivity contribution < 1.29 is 42.7 Å². The molecular weight excluding hydrogens is 600 g/mol. The van der Waals surface area contributed by atoms with Gasteiger partial charge >= 0.3 is 5.97 Å². The molecule has 47 heavy (non-hydrogen) atoms. The van der Waals surface area contributed by atoms with E-state index in [-0.39, 0.29) is 11.5 Å². The second-order valence-corrected chi connectivity index (χ2v) is 12.8. The molecule has 0 bridgehead atoms. The smallest absolute Gasteiger partial charge is 0.377 e. The first-order chi connectivity index (χ1) is 23.2. The SMILES string of the molecule is COC(=O)C(OC1CCCCO1)=C(OC1CCCCO1)C(C=CC[C@H]1CCC[C@@H]1C=CCCOc1ccccc1)OC1CCCCO1. The van der Waals surface area contributed by atoms with Gasteiger partial charge in [0.15, 0.2) is 24.6 Å². The van der Waals surface area contributed by atoms with Gasteiger partial charge in [-0.3, -0.25) is 0 Å². The molecule has 9 heteroatoms. The average Bonchev–Trinajstić information content (AvgIpc) is 3.57. The summed E-state index contributed by atoms with van der Waals surface area (Å²) in [6, 6.07) is 9.94. The largest absolute Gasteiger partial charge is 0.493 e. The molecule has 4 aliphatic rings. The van der Waals surface area contributed by atoms with Crippen LogP contribution in [0.3, 0.4) is 0 Å². The molecule has 1 aromatic rings. The molecule has 4 unspecified atom stereocenters. The van der Waals surface area contributed by atoms with Crippen LogP contribution in [0.5, 0.6) is 5.75 Å². The van der Waals surface area contributed by atoms with Crippen molar-refractivity contribution in [3.63, 3.8) is 0 Å². The zero-order valence-corrected chi connectivity index (χ0v) is 28.1. The van der Waals surface area contributed by atoms with Crippen molar-refractivity contribution in [2.45, 2.75) is 115 Å². The van der Waals surface area contributed by atoms with Crippen molar-refractivity contribution in [3.05, 3.63) is 66.2 Å². The van der Waals surface area contributed by atoms with Crippen LogP contribution in [0.25, 0.3) is 0 Å². The van der Waals surface area contributed by atoms with E-state index in [1.54, 1.807) is 0 Å². The molecular formula is C38H54O9. The molecule has 4 fully saturated rings. The van der Waals surface area contributed by atoms with Crippen molar-refractivity contribution >= 4 is 5.97 Å². The lowest BCUT2D eigenvalue weighted by molar-refractivity contribution is -0.201. The van der Waals surface area contributed by atoms with Crippen molar-refractivity contribution in [1.82, 2.24) is 0 Å². The Balaban J connectivity index is 1.31. The van der Waals surface area contributed by atoms with E-state index >= 15 is 0 Å². The maximum atomic E-state index is 13.3. The Morgan fingerprint density at radius 3 is 2.15 bits per heavy atom. The standard InChI is InChI=1S/C38H54O9/c1-40-38(39)37(47-35-24-8-12-28-44-35)36(46-34-23-7-11-27-43-34)32(45-33-22-6-10-26-42-33)21-14-18-30-17-13-16-29(30)15-5-9-25-41-31-19-3-2-4-20-31/h2-5,14-15,19-21,29-30,32-35H,6-13,16-18,22-28H2,1H3/t29-,30+,32?,33?,34?,35?/m0/s1.